The zero-order valence-corrected chi connectivity index (χ0v) is 10.4. The molecule has 0 spiro atoms. The van der Waals surface area contributed by atoms with Gasteiger partial charge in [0.25, 0.3) is 0 Å². The van der Waals surface area contributed by atoms with Crippen molar-refractivity contribution in [2.24, 2.45) is 0 Å². The second kappa shape index (κ2) is 4.92. The number of benzene rings is 1. The molecule has 0 aliphatic carbocycles. The van der Waals surface area contributed by atoms with Crippen LogP contribution in [0.15, 0.2) is 35.3 Å². The predicted molar refractivity (Wildman–Crippen MR) is 73.6 cm³/mol. The van der Waals surface area contributed by atoms with E-state index < -0.39 is 0 Å². The van der Waals surface area contributed by atoms with Gasteiger partial charge in [-0.1, -0.05) is 18.2 Å². The van der Waals surface area contributed by atoms with Gasteiger partial charge in [0, 0.05) is 23.0 Å². The van der Waals surface area contributed by atoms with Crippen molar-refractivity contribution in [1.29, 1.82) is 0 Å². The summed E-state index contributed by atoms with van der Waals surface area (Å²) in [5.74, 6) is 0.243. The Hall–Kier alpha value is -2.29. The minimum Gasteiger partial charge on any atom is -0.508 e. The summed E-state index contributed by atoms with van der Waals surface area (Å²) >= 11 is 0. The van der Waals surface area contributed by atoms with E-state index in [1.807, 2.05) is 31.2 Å². The van der Waals surface area contributed by atoms with Gasteiger partial charge in [-0.2, -0.15) is 0 Å². The second-order valence-corrected chi connectivity index (χ2v) is 4.26. The summed E-state index contributed by atoms with van der Waals surface area (Å²) in [6.45, 7) is 3.60. The largest absolute Gasteiger partial charge is 0.508 e. The van der Waals surface area contributed by atoms with E-state index in [1.165, 1.54) is 0 Å². The maximum Gasteiger partial charge on any atom is 0.187 e. The Labute approximate surface area is 105 Å². The summed E-state index contributed by atoms with van der Waals surface area (Å²) in [6, 6.07) is 6.88. The number of phenols is 1. The summed E-state index contributed by atoms with van der Waals surface area (Å²) in [7, 11) is 0. The smallest absolute Gasteiger partial charge is 0.187 e. The molecule has 3 heteroatoms. The molecule has 0 unspecified atom stereocenters. The lowest BCUT2D eigenvalue weighted by molar-refractivity contribution is 0.475. The van der Waals surface area contributed by atoms with Crippen LogP contribution < -0.4 is 5.43 Å². The average Bonchev–Trinajstić information content (AvgIpc) is 2.37. The van der Waals surface area contributed by atoms with E-state index >= 15 is 0 Å². The van der Waals surface area contributed by atoms with Crippen LogP contribution in [0.2, 0.25) is 0 Å². The quantitative estimate of drug-likeness (QED) is 0.849. The zero-order valence-electron chi connectivity index (χ0n) is 10.4. The molecule has 18 heavy (non-hydrogen) atoms. The lowest BCUT2D eigenvalue weighted by Crippen LogP contribution is -2.11. The van der Waals surface area contributed by atoms with Crippen molar-refractivity contribution in [3.05, 3.63) is 63.1 Å². The van der Waals surface area contributed by atoms with E-state index in [9.17, 15) is 9.90 Å². The Morgan fingerprint density at radius 1 is 1.11 bits per heavy atom. The molecule has 0 fully saturated rings. The van der Waals surface area contributed by atoms with Gasteiger partial charge < -0.3 is 10.1 Å². The summed E-state index contributed by atoms with van der Waals surface area (Å²) in [5.41, 5.74) is 3.27. The number of rotatable bonds is 2. The molecule has 0 amide bonds. The highest BCUT2D eigenvalue weighted by atomic mass is 16.3. The van der Waals surface area contributed by atoms with Crippen LogP contribution in [0.1, 0.15) is 22.4 Å². The van der Waals surface area contributed by atoms with Crippen molar-refractivity contribution in [2.75, 3.05) is 0 Å². The van der Waals surface area contributed by atoms with Crippen LogP contribution in [0.5, 0.6) is 5.75 Å². The van der Waals surface area contributed by atoms with E-state index in [-0.39, 0.29) is 11.2 Å². The van der Waals surface area contributed by atoms with Crippen LogP contribution in [0, 0.1) is 13.8 Å². The fourth-order valence-electron chi connectivity index (χ4n) is 1.72. The molecule has 0 saturated heterocycles. The van der Waals surface area contributed by atoms with Gasteiger partial charge in [-0.3, -0.25) is 4.79 Å². The number of aromatic nitrogens is 1. The van der Waals surface area contributed by atoms with Crippen LogP contribution in [0.25, 0.3) is 12.2 Å². The first-order valence-corrected chi connectivity index (χ1v) is 5.74. The fraction of sp³-hybridized carbons (Fsp3) is 0.133. The summed E-state index contributed by atoms with van der Waals surface area (Å²) in [5, 5.41) is 9.18. The Bertz CT molecular complexity index is 637. The zero-order chi connectivity index (χ0) is 13.1. The minimum atomic E-state index is 0.0686. The Balaban J connectivity index is 2.32. The number of hydrogen-bond donors (Lipinski definition) is 2. The number of H-pyrrole nitrogens is 1. The summed E-state index contributed by atoms with van der Waals surface area (Å²) < 4.78 is 0. The van der Waals surface area contributed by atoms with Gasteiger partial charge in [0.1, 0.15) is 5.75 Å². The molecule has 1 heterocycles. The standard InChI is InChI=1S/C15H15NO2/c1-10-9-16-14(11(2)15(10)18)8-5-12-3-6-13(17)7-4-12/h3-9,17H,1-2H3,(H,16,18)/b8-5+. The van der Waals surface area contributed by atoms with Crippen molar-refractivity contribution in [1.82, 2.24) is 4.98 Å². The second-order valence-electron chi connectivity index (χ2n) is 4.26. The number of pyridine rings is 1. The van der Waals surface area contributed by atoms with E-state index in [0.717, 1.165) is 11.3 Å². The van der Waals surface area contributed by atoms with Gasteiger partial charge in [0.15, 0.2) is 5.43 Å². The fourth-order valence-corrected chi connectivity index (χ4v) is 1.72. The number of hydrogen-bond acceptors (Lipinski definition) is 2. The molecule has 0 aliphatic rings. The van der Waals surface area contributed by atoms with E-state index in [1.54, 1.807) is 25.3 Å². The molecule has 2 rings (SSSR count). The maximum absolute atomic E-state index is 11.8. The minimum absolute atomic E-state index is 0.0686. The van der Waals surface area contributed by atoms with Gasteiger partial charge in [0.2, 0.25) is 0 Å². The van der Waals surface area contributed by atoms with Crippen LogP contribution >= 0.6 is 0 Å². The van der Waals surface area contributed by atoms with Gasteiger partial charge in [0.05, 0.1) is 0 Å². The Kier molecular flexibility index (Phi) is 3.33. The van der Waals surface area contributed by atoms with Gasteiger partial charge >= 0.3 is 0 Å². The number of nitrogens with one attached hydrogen (secondary N) is 1. The average molecular weight is 241 g/mol. The van der Waals surface area contributed by atoms with E-state index in [4.69, 9.17) is 0 Å². The van der Waals surface area contributed by atoms with Crippen molar-refractivity contribution >= 4 is 12.2 Å². The van der Waals surface area contributed by atoms with Crippen molar-refractivity contribution in [3.63, 3.8) is 0 Å². The highest BCUT2D eigenvalue weighted by Gasteiger charge is 2.01. The van der Waals surface area contributed by atoms with Crippen molar-refractivity contribution in [2.45, 2.75) is 13.8 Å². The molecule has 0 bridgehead atoms. The van der Waals surface area contributed by atoms with Gasteiger partial charge in [-0.05, 0) is 37.6 Å². The molecule has 2 N–H and O–H groups in total. The number of aromatic hydroxyl groups is 1. The SMILES string of the molecule is Cc1c[nH]c(/C=C/c2ccc(O)cc2)c(C)c1=O. The third-order valence-corrected chi connectivity index (χ3v) is 2.88. The Morgan fingerprint density at radius 3 is 2.44 bits per heavy atom. The first kappa shape index (κ1) is 12.2. The first-order valence-electron chi connectivity index (χ1n) is 5.74. The van der Waals surface area contributed by atoms with Crippen LogP contribution in [0.4, 0.5) is 0 Å². The number of aryl methyl sites for hydroxylation is 1. The van der Waals surface area contributed by atoms with Gasteiger partial charge in [-0.25, -0.2) is 0 Å². The molecule has 2 aromatic rings. The van der Waals surface area contributed by atoms with Crippen molar-refractivity contribution < 1.29 is 5.11 Å². The van der Waals surface area contributed by atoms with E-state index in [0.29, 0.717) is 11.1 Å². The van der Waals surface area contributed by atoms with Gasteiger partial charge in [-0.15, -0.1) is 0 Å². The highest BCUT2D eigenvalue weighted by Crippen LogP contribution is 2.12. The molecule has 0 saturated carbocycles. The molecular formula is C15H15NO2. The molecule has 3 nitrogen and oxygen atoms in total. The summed E-state index contributed by atoms with van der Waals surface area (Å²) in [6.07, 6.45) is 5.47. The predicted octanol–water partition coefficient (Wildman–Crippen LogP) is 2.87. The normalized spacial score (nSPS) is 11.0. The lowest BCUT2D eigenvalue weighted by atomic mass is 10.1. The number of phenolic OH excluding ortho intramolecular Hbond substituents is 1. The monoisotopic (exact) mass is 241 g/mol. The molecule has 1 aromatic heterocycles. The van der Waals surface area contributed by atoms with Crippen LogP contribution in [0.3, 0.4) is 0 Å². The van der Waals surface area contributed by atoms with Crippen LogP contribution in [-0.2, 0) is 0 Å². The molecule has 0 atom stereocenters. The van der Waals surface area contributed by atoms with Crippen LogP contribution in [-0.4, -0.2) is 10.1 Å². The molecule has 0 radical (unpaired) electrons. The summed E-state index contributed by atoms with van der Waals surface area (Å²) in [4.78, 5) is 14.8. The first-order chi connectivity index (χ1) is 8.58. The third-order valence-electron chi connectivity index (χ3n) is 2.88. The Morgan fingerprint density at radius 2 is 1.78 bits per heavy atom. The lowest BCUT2D eigenvalue weighted by Gasteiger charge is -2.01. The topological polar surface area (TPSA) is 53.1 Å². The highest BCUT2D eigenvalue weighted by molar-refractivity contribution is 5.69. The molecule has 0 aliphatic heterocycles. The number of aromatic amines is 1. The molecule has 1 aromatic carbocycles. The van der Waals surface area contributed by atoms with E-state index in [2.05, 4.69) is 4.98 Å². The van der Waals surface area contributed by atoms with Crippen molar-refractivity contribution in [3.8, 4) is 5.75 Å². The maximum atomic E-state index is 11.8. The molecular weight excluding hydrogens is 226 g/mol. The third kappa shape index (κ3) is 2.51. The molecule has 92 valence electrons.